The highest BCUT2D eigenvalue weighted by Gasteiger charge is 2.24. The maximum absolute atomic E-state index is 12.1. The van der Waals surface area contributed by atoms with Crippen LogP contribution in [0.5, 0.6) is 5.75 Å². The molecule has 4 aromatic rings. The van der Waals surface area contributed by atoms with E-state index in [4.69, 9.17) is 10.1 Å². The van der Waals surface area contributed by atoms with E-state index in [1.165, 1.54) is 0 Å². The Kier molecular flexibility index (Phi) is 5.14. The quantitative estimate of drug-likeness (QED) is 0.387. The van der Waals surface area contributed by atoms with Gasteiger partial charge >= 0.3 is 0 Å². The van der Waals surface area contributed by atoms with Gasteiger partial charge in [0.05, 0.1) is 30.1 Å². The predicted molar refractivity (Wildman–Crippen MR) is 121 cm³/mol. The zero-order valence-electron chi connectivity index (χ0n) is 17.9. The van der Waals surface area contributed by atoms with E-state index in [-0.39, 0.29) is 24.7 Å². The van der Waals surface area contributed by atoms with Gasteiger partial charge in [-0.25, -0.2) is 4.98 Å². The molecule has 0 aliphatic carbocycles. The van der Waals surface area contributed by atoms with Crippen LogP contribution in [-0.4, -0.2) is 54.3 Å². The molecule has 0 fully saturated rings. The molecule has 5 rings (SSSR count). The summed E-state index contributed by atoms with van der Waals surface area (Å²) in [4.78, 5) is 22.0. The number of nitrogens with zero attached hydrogens (tertiary/aromatic N) is 3. The van der Waals surface area contributed by atoms with Crippen molar-refractivity contribution in [2.45, 2.75) is 32.7 Å². The summed E-state index contributed by atoms with van der Waals surface area (Å²) in [6.07, 6.45) is 1.64. The van der Waals surface area contributed by atoms with Crippen LogP contribution in [-0.2, 0) is 24.2 Å². The summed E-state index contributed by atoms with van der Waals surface area (Å²) in [5, 5.41) is 27.4. The number of aromatic hydroxyl groups is 1. The maximum atomic E-state index is 12.1. The molecule has 164 valence electrons. The summed E-state index contributed by atoms with van der Waals surface area (Å²) in [6, 6.07) is 11.6. The van der Waals surface area contributed by atoms with Gasteiger partial charge in [0.2, 0.25) is 5.91 Å². The monoisotopic (exact) mass is 431 g/mol. The zero-order chi connectivity index (χ0) is 22.2. The number of carbonyl (C=O) groups is 1. The number of aliphatic hydroxyl groups excluding tert-OH is 1. The summed E-state index contributed by atoms with van der Waals surface area (Å²) in [5.74, 6) is 0.908. The van der Waals surface area contributed by atoms with Crippen LogP contribution < -0.4 is 0 Å². The van der Waals surface area contributed by atoms with Gasteiger partial charge in [-0.2, -0.15) is 5.10 Å². The van der Waals surface area contributed by atoms with Gasteiger partial charge in [-0.1, -0.05) is 19.1 Å². The first-order valence-electron chi connectivity index (χ1n) is 10.8. The molecule has 0 bridgehead atoms. The van der Waals surface area contributed by atoms with Crippen LogP contribution in [0.4, 0.5) is 0 Å². The van der Waals surface area contributed by atoms with Gasteiger partial charge in [-0.15, -0.1) is 0 Å². The second-order valence-electron chi connectivity index (χ2n) is 8.08. The first-order chi connectivity index (χ1) is 15.6. The number of benzene rings is 2. The standard InChI is InChI=1S/C24H25N5O3/c1-2-14-11-16(31)4-6-17(14)15-3-5-18-20(12-15)27-28-23(18)24-25-19-7-9-29(13-21(19)26-24)22(32)8-10-30/h3-6,11-12,30-31H,2,7-10,13H2,1H3,(H,25,26)(H,27,28). The first kappa shape index (κ1) is 20.3. The Labute approximate surface area is 184 Å². The van der Waals surface area contributed by atoms with Crippen LogP contribution in [0.3, 0.4) is 0 Å². The number of hydrogen-bond donors (Lipinski definition) is 4. The van der Waals surface area contributed by atoms with Gasteiger partial charge in [0, 0.05) is 24.8 Å². The molecule has 0 radical (unpaired) electrons. The number of hydrogen-bond acceptors (Lipinski definition) is 5. The van der Waals surface area contributed by atoms with Crippen molar-refractivity contribution < 1.29 is 15.0 Å². The van der Waals surface area contributed by atoms with E-state index in [1.807, 2.05) is 12.1 Å². The number of aryl methyl sites for hydroxylation is 1. The molecule has 32 heavy (non-hydrogen) atoms. The third kappa shape index (κ3) is 3.52. The third-order valence-corrected chi connectivity index (χ3v) is 6.08. The molecule has 0 saturated heterocycles. The topological polar surface area (TPSA) is 118 Å². The number of nitrogens with one attached hydrogen (secondary N) is 2. The van der Waals surface area contributed by atoms with Crippen LogP contribution in [0.2, 0.25) is 0 Å². The van der Waals surface area contributed by atoms with Crippen molar-refractivity contribution in [3.8, 4) is 28.4 Å². The third-order valence-electron chi connectivity index (χ3n) is 6.08. The molecule has 8 nitrogen and oxygen atoms in total. The predicted octanol–water partition coefficient (Wildman–Crippen LogP) is 3.16. The smallest absolute Gasteiger partial charge is 0.225 e. The molecule has 0 atom stereocenters. The Balaban J connectivity index is 1.47. The van der Waals surface area contributed by atoms with Crippen LogP contribution in [0.15, 0.2) is 36.4 Å². The van der Waals surface area contributed by atoms with Crippen molar-refractivity contribution in [1.29, 1.82) is 0 Å². The minimum Gasteiger partial charge on any atom is -0.508 e. The Morgan fingerprint density at radius 1 is 1.22 bits per heavy atom. The Bertz CT molecular complexity index is 1310. The van der Waals surface area contributed by atoms with Gasteiger partial charge in [0.1, 0.15) is 11.4 Å². The molecule has 1 amide bonds. The number of amides is 1. The fraction of sp³-hybridized carbons (Fsp3) is 0.292. The van der Waals surface area contributed by atoms with Crippen molar-refractivity contribution in [1.82, 2.24) is 25.1 Å². The van der Waals surface area contributed by atoms with Crippen molar-refractivity contribution in [3.63, 3.8) is 0 Å². The fourth-order valence-corrected chi connectivity index (χ4v) is 4.39. The van der Waals surface area contributed by atoms with E-state index in [1.54, 1.807) is 17.0 Å². The second kappa shape index (κ2) is 8.12. The van der Waals surface area contributed by atoms with E-state index in [2.05, 4.69) is 34.2 Å². The average Bonchev–Trinajstić information content (AvgIpc) is 3.41. The summed E-state index contributed by atoms with van der Waals surface area (Å²) >= 11 is 0. The van der Waals surface area contributed by atoms with Gasteiger partial charge < -0.3 is 20.1 Å². The van der Waals surface area contributed by atoms with Crippen LogP contribution >= 0.6 is 0 Å². The molecule has 4 N–H and O–H groups in total. The molecule has 0 spiro atoms. The number of phenols is 1. The number of carbonyl (C=O) groups excluding carboxylic acids is 1. The lowest BCUT2D eigenvalue weighted by molar-refractivity contribution is -0.132. The second-order valence-corrected chi connectivity index (χ2v) is 8.08. The normalized spacial score (nSPS) is 13.5. The first-order valence-corrected chi connectivity index (χ1v) is 10.8. The summed E-state index contributed by atoms with van der Waals surface area (Å²) in [7, 11) is 0. The van der Waals surface area contributed by atoms with E-state index < -0.39 is 0 Å². The van der Waals surface area contributed by atoms with Crippen molar-refractivity contribution in [2.24, 2.45) is 0 Å². The summed E-state index contributed by atoms with van der Waals surface area (Å²) < 4.78 is 0. The van der Waals surface area contributed by atoms with Crippen LogP contribution in [0.25, 0.3) is 33.5 Å². The molecule has 2 aromatic heterocycles. The fourth-order valence-electron chi connectivity index (χ4n) is 4.39. The molecular formula is C24H25N5O3. The number of imidazole rings is 1. The average molecular weight is 431 g/mol. The molecule has 2 aromatic carbocycles. The van der Waals surface area contributed by atoms with Gasteiger partial charge in [-0.05, 0) is 47.4 Å². The number of H-pyrrole nitrogens is 2. The maximum Gasteiger partial charge on any atom is 0.225 e. The lowest BCUT2D eigenvalue weighted by Gasteiger charge is -2.25. The number of fused-ring (bicyclic) bond motifs is 2. The molecule has 1 aliphatic heterocycles. The molecule has 8 heteroatoms. The number of aliphatic hydroxyl groups is 1. The molecule has 1 aliphatic rings. The number of aromatic amines is 2. The Morgan fingerprint density at radius 3 is 2.91 bits per heavy atom. The molecule has 3 heterocycles. The van der Waals surface area contributed by atoms with Crippen LogP contribution in [0.1, 0.15) is 30.3 Å². The van der Waals surface area contributed by atoms with E-state index in [0.29, 0.717) is 25.3 Å². The van der Waals surface area contributed by atoms with E-state index in [9.17, 15) is 9.90 Å². The summed E-state index contributed by atoms with van der Waals surface area (Å²) in [5.41, 5.74) is 6.76. The molecular weight excluding hydrogens is 406 g/mol. The zero-order valence-corrected chi connectivity index (χ0v) is 17.9. The van der Waals surface area contributed by atoms with Gasteiger partial charge in [-0.3, -0.25) is 9.89 Å². The van der Waals surface area contributed by atoms with E-state index >= 15 is 0 Å². The Morgan fingerprint density at radius 2 is 2.09 bits per heavy atom. The minimum absolute atomic E-state index is 0.0484. The van der Waals surface area contributed by atoms with Crippen LogP contribution in [0, 0.1) is 0 Å². The number of aromatic nitrogens is 4. The molecule has 0 unspecified atom stereocenters. The highest BCUT2D eigenvalue weighted by molar-refractivity contribution is 5.94. The van der Waals surface area contributed by atoms with Gasteiger partial charge in [0.15, 0.2) is 5.82 Å². The van der Waals surface area contributed by atoms with Crippen molar-refractivity contribution in [2.75, 3.05) is 13.2 Å². The van der Waals surface area contributed by atoms with Gasteiger partial charge in [0.25, 0.3) is 0 Å². The largest absolute Gasteiger partial charge is 0.508 e. The van der Waals surface area contributed by atoms with Crippen molar-refractivity contribution >= 4 is 16.8 Å². The molecule has 0 saturated carbocycles. The highest BCUT2D eigenvalue weighted by Crippen LogP contribution is 2.32. The minimum atomic E-state index is -0.137. The lowest BCUT2D eigenvalue weighted by Crippen LogP contribution is -2.36. The number of rotatable bonds is 5. The summed E-state index contributed by atoms with van der Waals surface area (Å²) in [6.45, 7) is 3.01. The SMILES string of the molecule is CCc1cc(O)ccc1-c1ccc2c(-c3nc4c([nH]3)CN(C(=O)CCO)CC4)n[nH]c2c1. The van der Waals surface area contributed by atoms with Crippen molar-refractivity contribution in [3.05, 3.63) is 53.3 Å². The Hall–Kier alpha value is -3.65. The lowest BCUT2D eigenvalue weighted by atomic mass is 9.97. The number of phenolic OH excluding ortho intramolecular Hbond substituents is 1. The highest BCUT2D eigenvalue weighted by atomic mass is 16.3. The van der Waals surface area contributed by atoms with E-state index in [0.717, 1.165) is 51.1 Å².